The Labute approximate surface area is 153 Å². The van der Waals surface area contributed by atoms with Crippen molar-refractivity contribution in [2.45, 2.75) is 33.1 Å². The van der Waals surface area contributed by atoms with Gasteiger partial charge in [0.25, 0.3) is 5.91 Å². The molecule has 0 spiro atoms. The number of anilines is 2. The summed E-state index contributed by atoms with van der Waals surface area (Å²) in [5.74, 6) is -0.166. The first kappa shape index (κ1) is 19.2. The number of carbonyl (C=O) groups is 2. The molecule has 136 valence electrons. The maximum Gasteiger partial charge on any atom is 0.273 e. The fourth-order valence-corrected chi connectivity index (χ4v) is 2.34. The highest BCUT2D eigenvalue weighted by molar-refractivity contribution is 6.06. The van der Waals surface area contributed by atoms with Gasteiger partial charge in [-0.3, -0.25) is 9.59 Å². The zero-order chi connectivity index (χ0) is 19.1. The fourth-order valence-electron chi connectivity index (χ4n) is 2.34. The Morgan fingerprint density at radius 2 is 1.73 bits per heavy atom. The Balaban J connectivity index is 1.89. The highest BCUT2D eigenvalue weighted by Gasteiger charge is 2.09. The number of nitrogen functional groups attached to an aromatic ring is 1. The molecule has 0 saturated heterocycles. The molecule has 6 nitrogen and oxygen atoms in total. The molecule has 0 unspecified atom stereocenters. The van der Waals surface area contributed by atoms with Crippen molar-refractivity contribution in [2.75, 3.05) is 11.1 Å². The van der Waals surface area contributed by atoms with E-state index in [4.69, 9.17) is 5.73 Å². The second-order valence-electron chi connectivity index (χ2n) is 6.38. The molecule has 2 rings (SSSR count). The number of nitrogens with two attached hydrogens (primary N) is 1. The molecule has 0 atom stereocenters. The largest absolute Gasteiger partial charge is 0.398 e. The van der Waals surface area contributed by atoms with Crippen LogP contribution in [0.4, 0.5) is 11.4 Å². The molecule has 4 N–H and O–H groups in total. The Morgan fingerprint density at radius 1 is 1.08 bits per heavy atom. The molecule has 0 bridgehead atoms. The van der Waals surface area contributed by atoms with Crippen molar-refractivity contribution >= 4 is 28.9 Å². The maximum atomic E-state index is 12.1. The molecule has 0 aromatic heterocycles. The van der Waals surface area contributed by atoms with Gasteiger partial charge in [-0.05, 0) is 42.7 Å². The summed E-state index contributed by atoms with van der Waals surface area (Å²) >= 11 is 0. The second kappa shape index (κ2) is 8.80. The molecule has 2 aromatic carbocycles. The lowest BCUT2D eigenvalue weighted by atomic mass is 10.0. The van der Waals surface area contributed by atoms with Gasteiger partial charge in [0.1, 0.15) is 0 Å². The molecule has 2 aromatic rings. The van der Waals surface area contributed by atoms with Crippen LogP contribution in [0.1, 0.15) is 49.0 Å². The van der Waals surface area contributed by atoms with Crippen LogP contribution in [0.2, 0.25) is 0 Å². The van der Waals surface area contributed by atoms with Crippen molar-refractivity contribution in [1.29, 1.82) is 0 Å². The van der Waals surface area contributed by atoms with Crippen molar-refractivity contribution in [1.82, 2.24) is 5.43 Å². The van der Waals surface area contributed by atoms with Gasteiger partial charge in [0.2, 0.25) is 5.91 Å². The third kappa shape index (κ3) is 5.44. The van der Waals surface area contributed by atoms with E-state index in [1.165, 1.54) is 5.56 Å². The smallest absolute Gasteiger partial charge is 0.273 e. The Kier molecular flexibility index (Phi) is 6.49. The number of amides is 2. The third-order valence-corrected chi connectivity index (χ3v) is 3.83. The van der Waals surface area contributed by atoms with Crippen molar-refractivity contribution in [2.24, 2.45) is 5.10 Å². The van der Waals surface area contributed by atoms with Gasteiger partial charge in [-0.2, -0.15) is 5.10 Å². The van der Waals surface area contributed by atoms with Crippen LogP contribution in [0.3, 0.4) is 0 Å². The number of hydrazone groups is 1. The van der Waals surface area contributed by atoms with Crippen molar-refractivity contribution in [3.63, 3.8) is 0 Å². The molecule has 0 radical (unpaired) electrons. The van der Waals surface area contributed by atoms with Crippen LogP contribution in [-0.2, 0) is 4.79 Å². The van der Waals surface area contributed by atoms with E-state index in [2.05, 4.69) is 29.7 Å². The summed E-state index contributed by atoms with van der Waals surface area (Å²) < 4.78 is 0. The number of rotatable bonds is 6. The normalized spacial score (nSPS) is 11.3. The number of benzene rings is 2. The van der Waals surface area contributed by atoms with E-state index < -0.39 is 5.91 Å². The van der Waals surface area contributed by atoms with E-state index in [0.717, 1.165) is 5.69 Å². The van der Waals surface area contributed by atoms with E-state index >= 15 is 0 Å². The summed E-state index contributed by atoms with van der Waals surface area (Å²) in [5.41, 5.74) is 11.3. The second-order valence-corrected chi connectivity index (χ2v) is 6.38. The average Bonchev–Trinajstić information content (AvgIpc) is 2.60. The van der Waals surface area contributed by atoms with Gasteiger partial charge in [-0.1, -0.05) is 38.1 Å². The molecule has 0 fully saturated rings. The summed E-state index contributed by atoms with van der Waals surface area (Å²) in [4.78, 5) is 24.1. The summed E-state index contributed by atoms with van der Waals surface area (Å²) in [7, 11) is 0. The summed E-state index contributed by atoms with van der Waals surface area (Å²) in [6.07, 6.45) is 0.0798. The predicted octanol–water partition coefficient (Wildman–Crippen LogP) is 3.53. The average molecular weight is 352 g/mol. The van der Waals surface area contributed by atoms with Gasteiger partial charge < -0.3 is 11.1 Å². The maximum absolute atomic E-state index is 12.1. The molecule has 0 saturated carbocycles. The Bertz CT molecular complexity index is 811. The topological polar surface area (TPSA) is 96.6 Å². The lowest BCUT2D eigenvalue weighted by Gasteiger charge is -2.08. The van der Waals surface area contributed by atoms with Crippen LogP contribution in [0.5, 0.6) is 0 Å². The first-order valence-corrected chi connectivity index (χ1v) is 8.44. The van der Waals surface area contributed by atoms with Gasteiger partial charge in [0, 0.05) is 17.1 Å². The van der Waals surface area contributed by atoms with Crippen LogP contribution in [0.15, 0.2) is 53.6 Å². The standard InChI is InChI=1S/C20H24N4O2/c1-13(2)15-8-10-16(11-9-15)22-19(25)12-14(3)23-24-20(26)17-6-4-5-7-18(17)21/h4-11,13H,12,21H2,1-3H3,(H,22,25)(H,24,26)/b23-14+. The molecule has 0 aliphatic carbocycles. The number of nitrogens with one attached hydrogen (secondary N) is 2. The zero-order valence-electron chi connectivity index (χ0n) is 15.2. The van der Waals surface area contributed by atoms with Crippen LogP contribution in [0, 0.1) is 0 Å². The van der Waals surface area contributed by atoms with Gasteiger partial charge in [0.05, 0.1) is 12.0 Å². The quantitative estimate of drug-likeness (QED) is 0.421. The minimum Gasteiger partial charge on any atom is -0.398 e. The highest BCUT2D eigenvalue weighted by Crippen LogP contribution is 2.17. The highest BCUT2D eigenvalue weighted by atomic mass is 16.2. The lowest BCUT2D eigenvalue weighted by Crippen LogP contribution is -2.22. The van der Waals surface area contributed by atoms with Crippen molar-refractivity contribution in [3.8, 4) is 0 Å². The number of hydrogen-bond acceptors (Lipinski definition) is 4. The summed E-state index contributed by atoms with van der Waals surface area (Å²) in [5, 5.41) is 6.78. The van der Waals surface area contributed by atoms with E-state index in [1.54, 1.807) is 31.2 Å². The van der Waals surface area contributed by atoms with Crippen molar-refractivity contribution in [3.05, 3.63) is 59.7 Å². The minimum atomic E-state index is -0.410. The van der Waals surface area contributed by atoms with Crippen molar-refractivity contribution < 1.29 is 9.59 Å². The molecule has 6 heteroatoms. The van der Waals surface area contributed by atoms with Crippen LogP contribution in [-0.4, -0.2) is 17.5 Å². The zero-order valence-corrected chi connectivity index (χ0v) is 15.2. The number of para-hydroxylation sites is 1. The number of carbonyl (C=O) groups excluding carboxylic acids is 2. The van der Waals surface area contributed by atoms with E-state index in [0.29, 0.717) is 22.9 Å². The predicted molar refractivity (Wildman–Crippen MR) is 105 cm³/mol. The van der Waals surface area contributed by atoms with Gasteiger partial charge in [-0.15, -0.1) is 0 Å². The van der Waals surface area contributed by atoms with Gasteiger partial charge in [-0.25, -0.2) is 5.43 Å². The minimum absolute atomic E-state index is 0.0798. The molecular weight excluding hydrogens is 328 g/mol. The van der Waals surface area contributed by atoms with E-state index in [1.807, 2.05) is 24.3 Å². The Morgan fingerprint density at radius 3 is 2.35 bits per heavy atom. The first-order valence-electron chi connectivity index (χ1n) is 8.44. The van der Waals surface area contributed by atoms with Crippen LogP contribution < -0.4 is 16.5 Å². The molecule has 0 aliphatic heterocycles. The van der Waals surface area contributed by atoms with Gasteiger partial charge in [0.15, 0.2) is 0 Å². The fraction of sp³-hybridized carbons (Fsp3) is 0.250. The molecule has 0 heterocycles. The third-order valence-electron chi connectivity index (χ3n) is 3.83. The summed E-state index contributed by atoms with van der Waals surface area (Å²) in [6, 6.07) is 14.5. The first-order chi connectivity index (χ1) is 12.4. The SMILES string of the molecule is C/C(CC(=O)Nc1ccc(C(C)C)cc1)=N\NC(=O)c1ccccc1N. The number of hydrogen-bond donors (Lipinski definition) is 3. The monoisotopic (exact) mass is 352 g/mol. The van der Waals surface area contributed by atoms with Crippen LogP contribution in [0.25, 0.3) is 0 Å². The molecule has 26 heavy (non-hydrogen) atoms. The molecule has 2 amide bonds. The van der Waals surface area contributed by atoms with E-state index in [9.17, 15) is 9.59 Å². The van der Waals surface area contributed by atoms with Gasteiger partial charge >= 0.3 is 0 Å². The van der Waals surface area contributed by atoms with E-state index in [-0.39, 0.29) is 12.3 Å². The molecular formula is C20H24N4O2. The molecule has 0 aliphatic rings. The number of nitrogens with zero attached hydrogens (tertiary/aromatic N) is 1. The summed E-state index contributed by atoms with van der Waals surface area (Å²) in [6.45, 7) is 5.91. The Hall–Kier alpha value is -3.15. The lowest BCUT2D eigenvalue weighted by molar-refractivity contribution is -0.115. The van der Waals surface area contributed by atoms with Crippen LogP contribution >= 0.6 is 0 Å².